The van der Waals surface area contributed by atoms with Crippen LogP contribution in [0.1, 0.15) is 16.1 Å². The van der Waals surface area contributed by atoms with Crippen LogP contribution in [0.2, 0.25) is 0 Å². The molecule has 7 nitrogen and oxygen atoms in total. The molecule has 30 heavy (non-hydrogen) atoms. The van der Waals surface area contributed by atoms with Crippen LogP contribution in [0.5, 0.6) is 5.75 Å². The van der Waals surface area contributed by atoms with Gasteiger partial charge in [0.25, 0.3) is 5.91 Å². The molecule has 9 heteroatoms. The van der Waals surface area contributed by atoms with Crippen molar-refractivity contribution >= 4 is 29.3 Å². The predicted octanol–water partition coefficient (Wildman–Crippen LogP) is 3.85. The summed E-state index contributed by atoms with van der Waals surface area (Å²) in [4.78, 5) is 29.1. The van der Waals surface area contributed by atoms with Crippen LogP contribution in [0, 0.1) is 12.7 Å². The summed E-state index contributed by atoms with van der Waals surface area (Å²) >= 11 is 1.32. The lowest BCUT2D eigenvalue weighted by atomic mass is 10.2. The number of anilines is 1. The fourth-order valence-corrected chi connectivity index (χ4v) is 3.32. The van der Waals surface area contributed by atoms with Gasteiger partial charge in [0.05, 0.1) is 19.0 Å². The van der Waals surface area contributed by atoms with Crippen LogP contribution in [-0.2, 0) is 9.53 Å². The molecule has 0 unspecified atom stereocenters. The van der Waals surface area contributed by atoms with E-state index >= 15 is 0 Å². The molecule has 0 spiro atoms. The van der Waals surface area contributed by atoms with Crippen molar-refractivity contribution in [3.8, 4) is 11.4 Å². The molecule has 0 atom stereocenters. The number of esters is 1. The topological polar surface area (TPSA) is 82.4 Å². The number of hydrogen-bond acceptors (Lipinski definition) is 6. The number of imidazole rings is 1. The van der Waals surface area contributed by atoms with Crippen molar-refractivity contribution in [2.75, 3.05) is 25.3 Å². The Morgan fingerprint density at radius 1 is 1.20 bits per heavy atom. The minimum atomic E-state index is -0.724. The zero-order valence-electron chi connectivity index (χ0n) is 16.6. The molecule has 0 saturated carbocycles. The quantitative estimate of drug-likeness (QED) is 0.454. The van der Waals surface area contributed by atoms with E-state index in [0.717, 1.165) is 5.56 Å². The van der Waals surface area contributed by atoms with E-state index in [0.29, 0.717) is 22.3 Å². The first-order valence-electron chi connectivity index (χ1n) is 8.92. The average Bonchev–Trinajstić information content (AvgIpc) is 3.17. The molecule has 3 aromatic rings. The third-order valence-electron chi connectivity index (χ3n) is 4.17. The lowest BCUT2D eigenvalue weighted by Crippen LogP contribution is -2.22. The summed E-state index contributed by atoms with van der Waals surface area (Å²) < 4.78 is 25.2. The Balaban J connectivity index is 1.73. The van der Waals surface area contributed by atoms with E-state index < -0.39 is 24.3 Å². The van der Waals surface area contributed by atoms with Crippen molar-refractivity contribution in [2.45, 2.75) is 12.1 Å². The predicted molar refractivity (Wildman–Crippen MR) is 112 cm³/mol. The van der Waals surface area contributed by atoms with Gasteiger partial charge in [0.2, 0.25) is 0 Å². The molecule has 0 fully saturated rings. The summed E-state index contributed by atoms with van der Waals surface area (Å²) in [5, 5.41) is 3.20. The van der Waals surface area contributed by atoms with E-state index in [4.69, 9.17) is 9.47 Å². The smallest absolute Gasteiger partial charge is 0.357 e. The van der Waals surface area contributed by atoms with Crippen molar-refractivity contribution in [3.63, 3.8) is 0 Å². The van der Waals surface area contributed by atoms with Crippen LogP contribution >= 0.6 is 11.8 Å². The maximum absolute atomic E-state index is 13.3. The van der Waals surface area contributed by atoms with E-state index in [2.05, 4.69) is 10.3 Å². The van der Waals surface area contributed by atoms with Crippen LogP contribution in [0.25, 0.3) is 5.69 Å². The monoisotopic (exact) mass is 429 g/mol. The van der Waals surface area contributed by atoms with Gasteiger partial charge >= 0.3 is 5.97 Å². The van der Waals surface area contributed by atoms with Crippen molar-refractivity contribution in [1.82, 2.24) is 9.55 Å². The van der Waals surface area contributed by atoms with Gasteiger partial charge in [-0.05, 0) is 55.1 Å². The highest BCUT2D eigenvalue weighted by Crippen LogP contribution is 2.25. The molecule has 3 rings (SSSR count). The van der Waals surface area contributed by atoms with Gasteiger partial charge in [-0.25, -0.2) is 14.2 Å². The van der Waals surface area contributed by atoms with Gasteiger partial charge in [0, 0.05) is 5.69 Å². The first-order chi connectivity index (χ1) is 14.4. The molecular formula is C21H20FN3O4S. The van der Waals surface area contributed by atoms with Crippen LogP contribution in [0.15, 0.2) is 53.8 Å². The maximum Gasteiger partial charge on any atom is 0.357 e. The number of carbonyl (C=O) groups excluding carboxylic acids is 2. The Labute approximate surface area is 177 Å². The van der Waals surface area contributed by atoms with E-state index in [1.165, 1.54) is 49.3 Å². The van der Waals surface area contributed by atoms with E-state index in [1.807, 2.05) is 13.0 Å². The number of methoxy groups -OCH3 is 1. The average molecular weight is 429 g/mol. The Bertz CT molecular complexity index is 1070. The fourth-order valence-electron chi connectivity index (χ4n) is 2.77. The number of aromatic nitrogens is 2. The first kappa shape index (κ1) is 21.4. The van der Waals surface area contributed by atoms with Gasteiger partial charge in [-0.3, -0.25) is 9.36 Å². The highest BCUT2D eigenvalue weighted by Gasteiger charge is 2.20. The standard InChI is InChI=1S/C21H20FN3O4S/c1-13-4-9-18(28-2)16(10-13)24-19(26)12-29-20(27)17-11-23-21(30-3)25(17)15-7-5-14(22)6-8-15/h4-11H,12H2,1-3H3,(H,24,26). The Morgan fingerprint density at radius 2 is 1.93 bits per heavy atom. The fraction of sp³-hybridized carbons (Fsp3) is 0.190. The minimum Gasteiger partial charge on any atom is -0.495 e. The van der Waals surface area contributed by atoms with Gasteiger partial charge in [-0.15, -0.1) is 0 Å². The lowest BCUT2D eigenvalue weighted by Gasteiger charge is -2.12. The maximum atomic E-state index is 13.3. The van der Waals surface area contributed by atoms with Crippen LogP contribution in [0.4, 0.5) is 10.1 Å². The third-order valence-corrected chi connectivity index (χ3v) is 4.82. The highest BCUT2D eigenvalue weighted by atomic mass is 32.2. The SMILES string of the molecule is COc1ccc(C)cc1NC(=O)COC(=O)c1cnc(SC)n1-c1ccc(F)cc1. The Kier molecular flexibility index (Phi) is 6.73. The summed E-state index contributed by atoms with van der Waals surface area (Å²) in [7, 11) is 1.50. The zero-order valence-corrected chi connectivity index (χ0v) is 17.5. The van der Waals surface area contributed by atoms with Crippen molar-refractivity contribution in [3.05, 3.63) is 65.7 Å². The molecule has 1 heterocycles. The first-order valence-corrected chi connectivity index (χ1v) is 10.1. The van der Waals surface area contributed by atoms with E-state index in [9.17, 15) is 14.0 Å². The number of benzene rings is 2. The molecule has 1 aromatic heterocycles. The van der Waals surface area contributed by atoms with E-state index in [-0.39, 0.29) is 5.69 Å². The molecule has 0 saturated heterocycles. The number of nitrogens with one attached hydrogen (secondary N) is 1. The summed E-state index contributed by atoms with van der Waals surface area (Å²) in [6, 6.07) is 11.0. The van der Waals surface area contributed by atoms with Gasteiger partial charge in [0.15, 0.2) is 17.5 Å². The number of carbonyl (C=O) groups is 2. The number of hydrogen-bond donors (Lipinski definition) is 1. The summed E-state index contributed by atoms with van der Waals surface area (Å²) in [6.45, 7) is 1.40. The molecule has 2 aromatic carbocycles. The number of halogens is 1. The molecular weight excluding hydrogens is 409 g/mol. The van der Waals surface area contributed by atoms with Gasteiger partial charge in [-0.2, -0.15) is 0 Å². The lowest BCUT2D eigenvalue weighted by molar-refractivity contribution is -0.119. The van der Waals surface area contributed by atoms with Crippen LogP contribution in [0.3, 0.4) is 0 Å². The third kappa shape index (κ3) is 4.80. The zero-order chi connectivity index (χ0) is 21.7. The number of amides is 1. The van der Waals surface area contributed by atoms with Crippen LogP contribution in [-0.4, -0.2) is 41.4 Å². The molecule has 0 aliphatic carbocycles. The number of ether oxygens (including phenoxy) is 2. The Hall–Kier alpha value is -3.33. The molecule has 0 radical (unpaired) electrons. The largest absolute Gasteiger partial charge is 0.495 e. The van der Waals surface area contributed by atoms with Gasteiger partial charge in [0.1, 0.15) is 11.6 Å². The Morgan fingerprint density at radius 3 is 2.60 bits per heavy atom. The van der Waals surface area contributed by atoms with Crippen molar-refractivity contribution in [1.29, 1.82) is 0 Å². The highest BCUT2D eigenvalue weighted by molar-refractivity contribution is 7.98. The summed E-state index contributed by atoms with van der Waals surface area (Å²) in [5.74, 6) is -1.13. The van der Waals surface area contributed by atoms with Gasteiger partial charge in [-0.1, -0.05) is 17.8 Å². The molecule has 0 aliphatic heterocycles. The van der Waals surface area contributed by atoms with Crippen LogP contribution < -0.4 is 10.1 Å². The van der Waals surface area contributed by atoms with E-state index in [1.54, 1.807) is 23.0 Å². The number of nitrogens with zero attached hydrogens (tertiary/aromatic N) is 2. The second-order valence-electron chi connectivity index (χ2n) is 6.27. The second-order valence-corrected chi connectivity index (χ2v) is 7.04. The normalized spacial score (nSPS) is 10.5. The minimum absolute atomic E-state index is 0.131. The van der Waals surface area contributed by atoms with Crippen molar-refractivity contribution in [2.24, 2.45) is 0 Å². The molecule has 1 amide bonds. The number of thioether (sulfide) groups is 1. The van der Waals surface area contributed by atoms with Gasteiger partial charge < -0.3 is 14.8 Å². The second kappa shape index (κ2) is 9.45. The molecule has 1 N–H and O–H groups in total. The molecule has 0 bridgehead atoms. The number of aryl methyl sites for hydroxylation is 1. The molecule has 0 aliphatic rings. The summed E-state index contributed by atoms with van der Waals surface area (Å²) in [6.07, 6.45) is 3.17. The molecule has 156 valence electrons. The summed E-state index contributed by atoms with van der Waals surface area (Å²) in [5.41, 5.74) is 2.11. The number of rotatable bonds is 7. The van der Waals surface area contributed by atoms with Crippen molar-refractivity contribution < 1.29 is 23.5 Å².